The molecule has 21 heavy (non-hydrogen) atoms. The molecule has 0 saturated heterocycles. The largest absolute Gasteiger partial charge is 0.494 e. The van der Waals surface area contributed by atoms with Crippen LogP contribution in [0, 0.1) is 5.82 Å². The van der Waals surface area contributed by atoms with E-state index in [4.69, 9.17) is 10.5 Å². The first kappa shape index (κ1) is 15.2. The molecule has 2 aromatic rings. The number of anilines is 2. The highest BCUT2D eigenvalue weighted by molar-refractivity contribution is 5.47. The molecule has 2 rings (SSSR count). The first-order valence-corrected chi connectivity index (χ1v) is 7.18. The molecular weight excluding hydrogens is 267 g/mol. The van der Waals surface area contributed by atoms with Gasteiger partial charge in [-0.05, 0) is 49.7 Å². The summed E-state index contributed by atoms with van der Waals surface area (Å²) in [6.45, 7) is 4.14. The molecule has 0 saturated carbocycles. The average Bonchev–Trinajstić information content (AvgIpc) is 2.50. The van der Waals surface area contributed by atoms with Crippen molar-refractivity contribution in [3.63, 3.8) is 0 Å². The molecule has 0 atom stereocenters. The number of rotatable bonds is 7. The molecule has 0 aliphatic heterocycles. The van der Waals surface area contributed by atoms with Gasteiger partial charge in [0, 0.05) is 18.8 Å². The maximum Gasteiger partial charge on any atom is 0.146 e. The van der Waals surface area contributed by atoms with Crippen LogP contribution in [-0.4, -0.2) is 19.7 Å². The Morgan fingerprint density at radius 1 is 1.10 bits per heavy atom. The van der Waals surface area contributed by atoms with Gasteiger partial charge < -0.3 is 15.4 Å². The number of nitrogens with two attached hydrogens (primary N) is 1. The van der Waals surface area contributed by atoms with Gasteiger partial charge in [-0.1, -0.05) is 12.1 Å². The van der Waals surface area contributed by atoms with Crippen molar-refractivity contribution in [2.45, 2.75) is 13.3 Å². The molecule has 0 fully saturated rings. The highest BCUT2D eigenvalue weighted by Gasteiger charge is 2.08. The van der Waals surface area contributed by atoms with Crippen LogP contribution in [0.25, 0.3) is 0 Å². The van der Waals surface area contributed by atoms with Gasteiger partial charge in [0.25, 0.3) is 0 Å². The van der Waals surface area contributed by atoms with Crippen LogP contribution in [0.2, 0.25) is 0 Å². The number of ether oxygens (including phenoxy) is 1. The van der Waals surface area contributed by atoms with Crippen molar-refractivity contribution in [2.75, 3.05) is 30.3 Å². The number of para-hydroxylation sites is 1. The lowest BCUT2D eigenvalue weighted by Crippen LogP contribution is -2.26. The lowest BCUT2D eigenvalue weighted by Gasteiger charge is -2.23. The zero-order valence-electron chi connectivity index (χ0n) is 12.3. The number of nitrogen functional groups attached to an aromatic ring is 1. The van der Waals surface area contributed by atoms with Crippen LogP contribution in [0.5, 0.6) is 5.75 Å². The Morgan fingerprint density at radius 3 is 2.48 bits per heavy atom. The maximum atomic E-state index is 13.8. The molecule has 2 N–H and O–H groups in total. The monoisotopic (exact) mass is 288 g/mol. The zero-order valence-corrected chi connectivity index (χ0v) is 12.3. The quantitative estimate of drug-likeness (QED) is 0.623. The van der Waals surface area contributed by atoms with Crippen molar-refractivity contribution in [2.24, 2.45) is 0 Å². The summed E-state index contributed by atoms with van der Waals surface area (Å²) < 4.78 is 19.4. The minimum Gasteiger partial charge on any atom is -0.494 e. The van der Waals surface area contributed by atoms with E-state index in [0.717, 1.165) is 30.9 Å². The fourth-order valence-corrected chi connectivity index (χ4v) is 2.17. The van der Waals surface area contributed by atoms with E-state index < -0.39 is 0 Å². The van der Waals surface area contributed by atoms with Crippen LogP contribution in [0.3, 0.4) is 0 Å². The third kappa shape index (κ3) is 4.38. The van der Waals surface area contributed by atoms with E-state index in [1.807, 2.05) is 42.2 Å². The second kappa shape index (κ2) is 7.53. The fourth-order valence-electron chi connectivity index (χ4n) is 2.17. The van der Waals surface area contributed by atoms with E-state index in [1.165, 1.54) is 6.07 Å². The Bertz CT molecular complexity index is 557. The van der Waals surface area contributed by atoms with E-state index in [-0.39, 0.29) is 5.82 Å². The Labute approximate surface area is 125 Å². The molecule has 0 bridgehead atoms. The van der Waals surface area contributed by atoms with Gasteiger partial charge in [0.15, 0.2) is 0 Å². The van der Waals surface area contributed by atoms with E-state index >= 15 is 0 Å². The van der Waals surface area contributed by atoms with Gasteiger partial charge in [-0.15, -0.1) is 0 Å². The summed E-state index contributed by atoms with van der Waals surface area (Å²) in [4.78, 5) is 2.02. The van der Waals surface area contributed by atoms with Crippen molar-refractivity contribution in [1.29, 1.82) is 0 Å². The minimum atomic E-state index is -0.182. The summed E-state index contributed by atoms with van der Waals surface area (Å²) in [7, 11) is 0. The molecule has 0 spiro atoms. The molecule has 0 amide bonds. The Kier molecular flexibility index (Phi) is 5.43. The lowest BCUT2D eigenvalue weighted by molar-refractivity contribution is 0.312. The second-order valence-electron chi connectivity index (χ2n) is 4.80. The molecule has 2 aromatic carbocycles. The number of hydrogen-bond donors (Lipinski definition) is 1. The summed E-state index contributed by atoms with van der Waals surface area (Å²) in [5.74, 6) is 0.622. The fraction of sp³-hybridized carbons (Fsp3) is 0.294. The van der Waals surface area contributed by atoms with Gasteiger partial charge in [-0.25, -0.2) is 4.39 Å². The third-order valence-electron chi connectivity index (χ3n) is 3.30. The molecule has 0 aromatic heterocycles. The highest BCUT2D eigenvalue weighted by Crippen LogP contribution is 2.19. The van der Waals surface area contributed by atoms with E-state index in [9.17, 15) is 4.39 Å². The average molecular weight is 288 g/mol. The Balaban J connectivity index is 1.81. The predicted octanol–water partition coefficient (Wildman–Crippen LogP) is 3.70. The number of hydrogen-bond acceptors (Lipinski definition) is 3. The molecule has 0 aliphatic rings. The van der Waals surface area contributed by atoms with Gasteiger partial charge in [0.1, 0.15) is 11.6 Å². The number of nitrogens with zero attached hydrogens (tertiary/aromatic N) is 1. The van der Waals surface area contributed by atoms with Gasteiger partial charge in [0.05, 0.1) is 12.3 Å². The summed E-state index contributed by atoms with van der Waals surface area (Å²) in [6.07, 6.45) is 0.826. The van der Waals surface area contributed by atoms with Gasteiger partial charge in [-0.3, -0.25) is 0 Å². The van der Waals surface area contributed by atoms with Crippen LogP contribution in [0.4, 0.5) is 15.8 Å². The topological polar surface area (TPSA) is 38.5 Å². The normalized spacial score (nSPS) is 10.4. The second-order valence-corrected chi connectivity index (χ2v) is 4.80. The van der Waals surface area contributed by atoms with Crippen LogP contribution in [0.15, 0.2) is 48.5 Å². The summed E-state index contributed by atoms with van der Waals surface area (Å²) in [6, 6.07) is 14.2. The van der Waals surface area contributed by atoms with Gasteiger partial charge in [-0.2, -0.15) is 0 Å². The summed E-state index contributed by atoms with van der Waals surface area (Å²) in [5, 5.41) is 0. The third-order valence-corrected chi connectivity index (χ3v) is 3.30. The molecular formula is C17H21FN2O. The van der Waals surface area contributed by atoms with E-state index in [2.05, 4.69) is 0 Å². The molecule has 0 aliphatic carbocycles. The van der Waals surface area contributed by atoms with Gasteiger partial charge >= 0.3 is 0 Å². The Morgan fingerprint density at radius 2 is 1.81 bits per heavy atom. The van der Waals surface area contributed by atoms with Crippen molar-refractivity contribution in [1.82, 2.24) is 0 Å². The molecule has 0 heterocycles. The summed E-state index contributed by atoms with van der Waals surface area (Å²) >= 11 is 0. The highest BCUT2D eigenvalue weighted by atomic mass is 19.1. The van der Waals surface area contributed by atoms with Crippen LogP contribution >= 0.6 is 0 Å². The zero-order chi connectivity index (χ0) is 15.1. The predicted molar refractivity (Wildman–Crippen MR) is 85.3 cm³/mol. The molecule has 112 valence electrons. The van der Waals surface area contributed by atoms with Crippen molar-refractivity contribution in [3.05, 3.63) is 54.3 Å². The smallest absolute Gasteiger partial charge is 0.146 e. The van der Waals surface area contributed by atoms with Crippen molar-refractivity contribution < 1.29 is 9.13 Å². The van der Waals surface area contributed by atoms with Gasteiger partial charge in [0.2, 0.25) is 0 Å². The maximum absolute atomic E-state index is 13.8. The van der Waals surface area contributed by atoms with E-state index in [0.29, 0.717) is 12.3 Å². The standard InChI is InChI=1S/C17H21FN2O/c1-2-20(17-7-4-3-6-16(17)18)12-5-13-21-15-10-8-14(19)9-11-15/h3-4,6-11H,2,5,12-13,19H2,1H3. The van der Waals surface area contributed by atoms with Crippen molar-refractivity contribution in [3.8, 4) is 5.75 Å². The molecule has 0 radical (unpaired) electrons. The minimum absolute atomic E-state index is 0.182. The molecule has 0 unspecified atom stereocenters. The number of benzene rings is 2. The van der Waals surface area contributed by atoms with Crippen molar-refractivity contribution >= 4 is 11.4 Å². The first-order chi connectivity index (χ1) is 10.2. The van der Waals surface area contributed by atoms with Crippen LogP contribution < -0.4 is 15.4 Å². The molecule has 3 nitrogen and oxygen atoms in total. The van der Waals surface area contributed by atoms with Crippen LogP contribution in [0.1, 0.15) is 13.3 Å². The lowest BCUT2D eigenvalue weighted by atomic mass is 10.2. The van der Waals surface area contributed by atoms with E-state index in [1.54, 1.807) is 12.1 Å². The SMILES string of the molecule is CCN(CCCOc1ccc(N)cc1)c1ccccc1F. The Hall–Kier alpha value is -2.23. The summed E-state index contributed by atoms with van der Waals surface area (Å²) in [5.41, 5.74) is 6.99. The van der Waals surface area contributed by atoms with Crippen LogP contribution in [-0.2, 0) is 0 Å². The number of halogens is 1. The first-order valence-electron chi connectivity index (χ1n) is 7.18. The molecule has 4 heteroatoms.